The number of fused-ring (bicyclic) bond motifs is 12. The molecule has 1 aliphatic carbocycles. The van der Waals surface area contributed by atoms with Crippen molar-refractivity contribution in [3.63, 3.8) is 0 Å². The van der Waals surface area contributed by atoms with Crippen LogP contribution in [0.3, 0.4) is 0 Å². The molecule has 0 atom stereocenters. The molecule has 0 fully saturated rings. The minimum absolute atomic E-state index is 0.142. The largest absolute Gasteiger partial charge is 0.455 e. The fourth-order valence-electron chi connectivity index (χ4n) is 11.0. The molecule has 0 radical (unpaired) electrons. The molecule has 2 nitrogen and oxygen atoms in total. The smallest absolute Gasteiger partial charge is 0.143 e. The Kier molecular flexibility index (Phi) is 8.29. The van der Waals surface area contributed by atoms with Crippen molar-refractivity contribution in [2.45, 2.75) is 19.3 Å². The van der Waals surface area contributed by atoms with Crippen molar-refractivity contribution in [3.8, 4) is 44.5 Å². The fraction of sp³-hybridized carbons (Fsp3) is 0.0476. The summed E-state index contributed by atoms with van der Waals surface area (Å²) in [5, 5.41) is 9.36. The van der Waals surface area contributed by atoms with E-state index in [0.29, 0.717) is 0 Å². The Bertz CT molecular complexity index is 3840. The third kappa shape index (κ3) is 5.67. The molecule has 0 saturated carbocycles. The maximum Gasteiger partial charge on any atom is 0.143 e. The van der Waals surface area contributed by atoms with Crippen LogP contribution < -0.4 is 4.90 Å². The van der Waals surface area contributed by atoms with Gasteiger partial charge in [-0.3, -0.25) is 0 Å². The molecule has 1 aromatic heterocycles. The Hall–Kier alpha value is -8.20. The molecule has 0 bridgehead atoms. The number of benzene rings is 11. The molecule has 2 heteroatoms. The van der Waals surface area contributed by atoms with Crippen molar-refractivity contribution in [3.05, 3.63) is 236 Å². The Labute approximate surface area is 378 Å². The minimum atomic E-state index is -0.142. The van der Waals surface area contributed by atoms with Crippen LogP contribution in [0.25, 0.3) is 98.8 Å². The lowest BCUT2D eigenvalue weighted by Gasteiger charge is -2.29. The maximum atomic E-state index is 7.31. The quantitative estimate of drug-likeness (QED) is 0.155. The van der Waals surface area contributed by atoms with Crippen LogP contribution in [0.4, 0.5) is 17.1 Å². The van der Waals surface area contributed by atoms with Gasteiger partial charge in [-0.25, -0.2) is 0 Å². The van der Waals surface area contributed by atoms with Crippen LogP contribution in [-0.4, -0.2) is 0 Å². The second-order valence-electron chi connectivity index (χ2n) is 18.0. The summed E-state index contributed by atoms with van der Waals surface area (Å²) < 4.78 is 7.31. The molecular formula is C63H43NO. The monoisotopic (exact) mass is 829 g/mol. The molecule has 12 aromatic rings. The van der Waals surface area contributed by atoms with E-state index in [4.69, 9.17) is 4.42 Å². The lowest BCUT2D eigenvalue weighted by molar-refractivity contribution is 0.660. The van der Waals surface area contributed by atoms with Crippen LogP contribution in [0.2, 0.25) is 0 Å². The van der Waals surface area contributed by atoms with Crippen LogP contribution in [0.1, 0.15) is 25.0 Å². The van der Waals surface area contributed by atoms with E-state index in [9.17, 15) is 0 Å². The van der Waals surface area contributed by atoms with E-state index < -0.39 is 0 Å². The first-order valence-corrected chi connectivity index (χ1v) is 22.6. The van der Waals surface area contributed by atoms with Crippen LogP contribution >= 0.6 is 0 Å². The summed E-state index contributed by atoms with van der Waals surface area (Å²) in [4.78, 5) is 2.45. The van der Waals surface area contributed by atoms with Crippen molar-refractivity contribution < 1.29 is 4.42 Å². The van der Waals surface area contributed by atoms with E-state index in [1.165, 1.54) is 55.1 Å². The van der Waals surface area contributed by atoms with E-state index >= 15 is 0 Å². The van der Waals surface area contributed by atoms with Gasteiger partial charge in [0.1, 0.15) is 11.2 Å². The van der Waals surface area contributed by atoms with Crippen molar-refractivity contribution in [2.24, 2.45) is 0 Å². The lowest BCUT2D eigenvalue weighted by Crippen LogP contribution is -2.16. The molecule has 65 heavy (non-hydrogen) atoms. The van der Waals surface area contributed by atoms with E-state index in [-0.39, 0.29) is 5.41 Å². The minimum Gasteiger partial charge on any atom is -0.455 e. The summed E-state index contributed by atoms with van der Waals surface area (Å²) in [5.74, 6) is 0. The fourth-order valence-corrected chi connectivity index (χ4v) is 11.0. The summed E-state index contributed by atoms with van der Waals surface area (Å²) in [6, 6.07) is 82.0. The molecule has 0 spiro atoms. The third-order valence-electron chi connectivity index (χ3n) is 14.1. The van der Waals surface area contributed by atoms with E-state index in [1.807, 2.05) is 0 Å². The predicted molar refractivity (Wildman–Crippen MR) is 275 cm³/mol. The number of rotatable bonds is 6. The number of nitrogens with zero attached hydrogens (tertiary/aromatic N) is 1. The summed E-state index contributed by atoms with van der Waals surface area (Å²) in [7, 11) is 0. The second kappa shape index (κ2) is 14.4. The van der Waals surface area contributed by atoms with Gasteiger partial charge in [0.15, 0.2) is 0 Å². The predicted octanol–water partition coefficient (Wildman–Crippen LogP) is 17.8. The van der Waals surface area contributed by atoms with Gasteiger partial charge >= 0.3 is 0 Å². The second-order valence-corrected chi connectivity index (χ2v) is 18.0. The van der Waals surface area contributed by atoms with E-state index in [1.54, 1.807) is 0 Å². The molecule has 1 aliphatic rings. The molecule has 0 saturated heterocycles. The topological polar surface area (TPSA) is 16.4 Å². The maximum absolute atomic E-state index is 7.31. The zero-order valence-electron chi connectivity index (χ0n) is 36.2. The van der Waals surface area contributed by atoms with Gasteiger partial charge in [-0.05, 0) is 108 Å². The van der Waals surface area contributed by atoms with Crippen LogP contribution in [0.5, 0.6) is 0 Å². The summed E-state index contributed by atoms with van der Waals surface area (Å²) >= 11 is 0. The zero-order chi connectivity index (χ0) is 43.2. The van der Waals surface area contributed by atoms with Gasteiger partial charge < -0.3 is 9.32 Å². The van der Waals surface area contributed by atoms with Crippen molar-refractivity contribution in [1.29, 1.82) is 0 Å². The van der Waals surface area contributed by atoms with Gasteiger partial charge in [-0.1, -0.05) is 202 Å². The van der Waals surface area contributed by atoms with E-state index in [2.05, 4.69) is 243 Å². The standard InChI is InChI=1S/C63H43NO/c1-63(2)56-28-16-15-24-50(56)51-34-33-44(39-57(51)63)64(43-31-29-41(30-32-43)40-17-5-3-6-18-40)58-38-37-49(46-21-9-12-25-52(46)58)55-36-35-45(42-19-7-4-8-20-42)59-60-53-26-13-10-22-47(53)48-23-11-14-27-54(48)61(60)65-62(55)59/h3-39H,1-2H3. The molecule has 13 rings (SSSR count). The molecule has 0 unspecified atom stereocenters. The molecule has 1 heterocycles. The Balaban J connectivity index is 1.06. The molecule has 0 aliphatic heterocycles. The molecule has 0 amide bonds. The van der Waals surface area contributed by atoms with Gasteiger partial charge in [0.25, 0.3) is 0 Å². The zero-order valence-corrected chi connectivity index (χ0v) is 36.2. The van der Waals surface area contributed by atoms with Gasteiger partial charge in [0.2, 0.25) is 0 Å². The van der Waals surface area contributed by atoms with Crippen molar-refractivity contribution >= 4 is 71.3 Å². The highest BCUT2D eigenvalue weighted by molar-refractivity contribution is 6.33. The number of anilines is 3. The first-order chi connectivity index (χ1) is 32.0. The number of furan rings is 1. The molecular weight excluding hydrogens is 787 g/mol. The average Bonchev–Trinajstić information content (AvgIpc) is 3.88. The third-order valence-corrected chi connectivity index (χ3v) is 14.1. The Morgan fingerprint density at radius 1 is 0.323 bits per heavy atom. The number of hydrogen-bond acceptors (Lipinski definition) is 2. The van der Waals surface area contributed by atoms with Crippen LogP contribution in [0, 0.1) is 0 Å². The lowest BCUT2D eigenvalue weighted by atomic mass is 9.82. The van der Waals surface area contributed by atoms with Gasteiger partial charge in [0, 0.05) is 43.9 Å². The average molecular weight is 830 g/mol. The van der Waals surface area contributed by atoms with Crippen LogP contribution in [-0.2, 0) is 5.41 Å². The number of hydrogen-bond donors (Lipinski definition) is 0. The normalized spacial score (nSPS) is 12.9. The molecule has 11 aromatic carbocycles. The van der Waals surface area contributed by atoms with Crippen molar-refractivity contribution in [1.82, 2.24) is 0 Å². The first-order valence-electron chi connectivity index (χ1n) is 22.6. The van der Waals surface area contributed by atoms with E-state index in [0.717, 1.165) is 71.8 Å². The van der Waals surface area contributed by atoms with Gasteiger partial charge in [0.05, 0.1) is 5.69 Å². The highest BCUT2D eigenvalue weighted by atomic mass is 16.3. The Morgan fingerprint density at radius 3 is 1.60 bits per heavy atom. The summed E-state index contributed by atoms with van der Waals surface area (Å²) in [5.41, 5.74) is 17.3. The van der Waals surface area contributed by atoms with Crippen molar-refractivity contribution in [2.75, 3.05) is 4.90 Å². The summed E-state index contributed by atoms with van der Waals surface area (Å²) in [6.07, 6.45) is 0. The molecule has 0 N–H and O–H groups in total. The Morgan fingerprint density at radius 2 is 0.846 bits per heavy atom. The van der Waals surface area contributed by atoms with Gasteiger partial charge in [-0.2, -0.15) is 0 Å². The highest BCUT2D eigenvalue weighted by Crippen LogP contribution is 2.53. The highest BCUT2D eigenvalue weighted by Gasteiger charge is 2.36. The SMILES string of the molecule is CC1(C)c2ccccc2-c2ccc(N(c3ccc(-c4ccccc4)cc3)c3ccc(-c4ccc(-c5ccccc5)c5c4oc4c6ccccc6c6ccccc6c45)c4ccccc34)cc21. The van der Waals surface area contributed by atoms with Crippen LogP contribution in [0.15, 0.2) is 229 Å². The molecule has 306 valence electrons. The summed E-state index contributed by atoms with van der Waals surface area (Å²) in [6.45, 7) is 4.72. The first kappa shape index (κ1) is 37.4. The van der Waals surface area contributed by atoms with Gasteiger partial charge in [-0.15, -0.1) is 0 Å².